The summed E-state index contributed by atoms with van der Waals surface area (Å²) in [6.07, 6.45) is 6.97. The van der Waals surface area contributed by atoms with Crippen LogP contribution in [-0.4, -0.2) is 37.5 Å². The maximum atomic E-state index is 12.8. The molecular weight excluding hydrogens is 272 g/mol. The van der Waals surface area contributed by atoms with Gasteiger partial charge in [-0.3, -0.25) is 4.79 Å². The Bertz CT molecular complexity index is 546. The minimum absolute atomic E-state index is 0.197. The van der Waals surface area contributed by atoms with E-state index in [9.17, 15) is 4.79 Å². The fourth-order valence-electron chi connectivity index (χ4n) is 4.45. The lowest BCUT2D eigenvalue weighted by atomic mass is 9.67. The molecule has 0 bridgehead atoms. The highest BCUT2D eigenvalue weighted by Crippen LogP contribution is 2.52. The Balaban J connectivity index is 1.93. The predicted octanol–water partition coefficient (Wildman–Crippen LogP) is 3.58. The minimum Gasteiger partial charge on any atom is -0.309 e. The number of hydrogen-bond donors (Lipinski definition) is 0. The smallest absolute Gasteiger partial charge is 0.228 e. The zero-order valence-corrected chi connectivity index (χ0v) is 14.1. The second kappa shape index (κ2) is 6.04. The van der Waals surface area contributed by atoms with Crippen LogP contribution in [0.15, 0.2) is 24.3 Å². The van der Waals surface area contributed by atoms with Crippen molar-refractivity contribution in [1.82, 2.24) is 4.90 Å². The average Bonchev–Trinajstić information content (AvgIpc) is 2.76. The van der Waals surface area contributed by atoms with Gasteiger partial charge in [0.15, 0.2) is 0 Å². The number of nitrogens with zero attached hydrogens (tertiary/aromatic N) is 2. The van der Waals surface area contributed by atoms with Gasteiger partial charge >= 0.3 is 0 Å². The van der Waals surface area contributed by atoms with E-state index >= 15 is 0 Å². The summed E-state index contributed by atoms with van der Waals surface area (Å²) in [5, 5.41) is 0. The summed E-state index contributed by atoms with van der Waals surface area (Å²) in [5.74, 6) is 0.274. The Morgan fingerprint density at radius 3 is 2.59 bits per heavy atom. The standard InChI is InChI=1S/C19H28N2O/c1-15-19(12-7-4-8-13-19)16-9-5-6-10-17(16)21(15)18(22)11-14-20(2)3/h5-6,9-10,15H,4,7-8,11-14H2,1-3H3. The molecular formula is C19H28N2O. The summed E-state index contributed by atoms with van der Waals surface area (Å²) in [6, 6.07) is 8.90. The van der Waals surface area contributed by atoms with Crippen LogP contribution in [0.4, 0.5) is 5.69 Å². The van der Waals surface area contributed by atoms with Gasteiger partial charge in [-0.25, -0.2) is 0 Å². The minimum atomic E-state index is 0.197. The summed E-state index contributed by atoms with van der Waals surface area (Å²) in [4.78, 5) is 17.0. The molecule has 0 aromatic heterocycles. The van der Waals surface area contributed by atoms with Crippen LogP contribution >= 0.6 is 0 Å². The van der Waals surface area contributed by atoms with Gasteiger partial charge in [0.2, 0.25) is 5.91 Å². The van der Waals surface area contributed by atoms with Crippen LogP contribution in [0.1, 0.15) is 51.0 Å². The molecule has 3 rings (SSSR count). The van der Waals surface area contributed by atoms with Gasteiger partial charge in [-0.1, -0.05) is 37.5 Å². The SMILES string of the molecule is CC1N(C(=O)CCN(C)C)c2ccccc2C12CCCCC2. The Kier molecular flexibility index (Phi) is 4.26. The van der Waals surface area contributed by atoms with E-state index in [0.717, 1.165) is 6.54 Å². The molecule has 1 amide bonds. The van der Waals surface area contributed by atoms with Gasteiger partial charge in [0.1, 0.15) is 0 Å². The molecule has 3 nitrogen and oxygen atoms in total. The first-order valence-electron chi connectivity index (χ1n) is 8.62. The normalized spacial score (nSPS) is 23.1. The molecule has 120 valence electrons. The molecule has 1 atom stereocenters. The summed E-state index contributed by atoms with van der Waals surface area (Å²) >= 11 is 0. The molecule has 1 heterocycles. The second-order valence-corrected chi connectivity index (χ2v) is 7.23. The lowest BCUT2D eigenvalue weighted by Gasteiger charge is -2.39. The number of carbonyl (C=O) groups excluding carboxylic acids is 1. The third-order valence-corrected chi connectivity index (χ3v) is 5.67. The quantitative estimate of drug-likeness (QED) is 0.852. The van der Waals surface area contributed by atoms with Crippen LogP contribution in [0.3, 0.4) is 0 Å². The van der Waals surface area contributed by atoms with Crippen molar-refractivity contribution in [1.29, 1.82) is 0 Å². The molecule has 1 aliphatic heterocycles. The number of rotatable bonds is 3. The fourth-order valence-corrected chi connectivity index (χ4v) is 4.45. The van der Waals surface area contributed by atoms with E-state index in [1.807, 2.05) is 14.1 Å². The number of amides is 1. The van der Waals surface area contributed by atoms with E-state index in [1.54, 1.807) is 0 Å². The zero-order valence-electron chi connectivity index (χ0n) is 14.1. The first kappa shape index (κ1) is 15.5. The number of carbonyl (C=O) groups is 1. The molecule has 22 heavy (non-hydrogen) atoms. The van der Waals surface area contributed by atoms with Gasteiger partial charge in [0.05, 0.1) is 0 Å². The van der Waals surface area contributed by atoms with E-state index in [1.165, 1.54) is 43.4 Å². The molecule has 0 saturated heterocycles. The van der Waals surface area contributed by atoms with Crippen molar-refractivity contribution in [2.24, 2.45) is 0 Å². The summed E-state index contributed by atoms with van der Waals surface area (Å²) in [7, 11) is 4.05. The van der Waals surface area contributed by atoms with E-state index in [0.29, 0.717) is 12.5 Å². The lowest BCUT2D eigenvalue weighted by Crippen LogP contribution is -2.47. The molecule has 2 aliphatic rings. The first-order valence-corrected chi connectivity index (χ1v) is 8.62. The Hall–Kier alpha value is -1.35. The third-order valence-electron chi connectivity index (χ3n) is 5.67. The maximum Gasteiger partial charge on any atom is 0.228 e. The van der Waals surface area contributed by atoms with Crippen molar-refractivity contribution in [3.8, 4) is 0 Å². The van der Waals surface area contributed by atoms with Gasteiger partial charge in [0, 0.05) is 30.1 Å². The first-order chi connectivity index (χ1) is 10.6. The van der Waals surface area contributed by atoms with Crippen LogP contribution in [-0.2, 0) is 10.2 Å². The number of benzene rings is 1. The van der Waals surface area contributed by atoms with Crippen molar-refractivity contribution in [2.45, 2.75) is 56.9 Å². The van der Waals surface area contributed by atoms with Gasteiger partial charge in [-0.15, -0.1) is 0 Å². The highest BCUT2D eigenvalue weighted by Gasteiger charge is 2.50. The summed E-state index contributed by atoms with van der Waals surface area (Å²) in [6.45, 7) is 3.08. The van der Waals surface area contributed by atoms with Crippen molar-refractivity contribution in [3.63, 3.8) is 0 Å². The molecule has 1 fully saturated rings. The monoisotopic (exact) mass is 300 g/mol. The van der Waals surface area contributed by atoms with Gasteiger partial charge in [-0.2, -0.15) is 0 Å². The maximum absolute atomic E-state index is 12.8. The van der Waals surface area contributed by atoms with Crippen LogP contribution in [0.2, 0.25) is 0 Å². The Morgan fingerprint density at radius 2 is 1.91 bits per heavy atom. The van der Waals surface area contributed by atoms with Crippen molar-refractivity contribution < 1.29 is 4.79 Å². The summed E-state index contributed by atoms with van der Waals surface area (Å²) < 4.78 is 0. The van der Waals surface area contributed by atoms with Crippen LogP contribution in [0, 0.1) is 0 Å². The van der Waals surface area contributed by atoms with E-state index in [4.69, 9.17) is 0 Å². The van der Waals surface area contributed by atoms with Crippen LogP contribution < -0.4 is 4.90 Å². The molecule has 1 aliphatic carbocycles. The van der Waals surface area contributed by atoms with Crippen molar-refractivity contribution >= 4 is 11.6 Å². The second-order valence-electron chi connectivity index (χ2n) is 7.23. The molecule has 0 N–H and O–H groups in total. The number of anilines is 1. The highest BCUT2D eigenvalue weighted by molar-refractivity contribution is 5.97. The molecule has 1 spiro atoms. The number of fused-ring (bicyclic) bond motifs is 2. The number of para-hydroxylation sites is 1. The largest absolute Gasteiger partial charge is 0.309 e. The molecule has 1 aromatic rings. The molecule has 1 saturated carbocycles. The van der Waals surface area contributed by atoms with Gasteiger partial charge in [0.25, 0.3) is 0 Å². The highest BCUT2D eigenvalue weighted by atomic mass is 16.2. The molecule has 3 heteroatoms. The average molecular weight is 300 g/mol. The summed E-state index contributed by atoms with van der Waals surface area (Å²) in [5.41, 5.74) is 2.78. The van der Waals surface area contributed by atoms with Crippen molar-refractivity contribution in [3.05, 3.63) is 29.8 Å². The zero-order chi connectivity index (χ0) is 15.7. The Labute approximate surface area is 134 Å². The van der Waals surface area contributed by atoms with Crippen molar-refractivity contribution in [2.75, 3.05) is 25.5 Å². The number of hydrogen-bond acceptors (Lipinski definition) is 2. The van der Waals surface area contributed by atoms with Gasteiger partial charge < -0.3 is 9.80 Å². The topological polar surface area (TPSA) is 23.6 Å². The third kappa shape index (κ3) is 2.45. The fraction of sp³-hybridized carbons (Fsp3) is 0.632. The van der Waals surface area contributed by atoms with E-state index in [2.05, 4.69) is 41.0 Å². The molecule has 0 radical (unpaired) electrons. The predicted molar refractivity (Wildman–Crippen MR) is 91.3 cm³/mol. The van der Waals surface area contributed by atoms with Crippen LogP contribution in [0.5, 0.6) is 0 Å². The van der Waals surface area contributed by atoms with E-state index in [-0.39, 0.29) is 11.3 Å². The van der Waals surface area contributed by atoms with E-state index < -0.39 is 0 Å². The Morgan fingerprint density at radius 1 is 1.23 bits per heavy atom. The van der Waals surface area contributed by atoms with Gasteiger partial charge in [-0.05, 0) is 45.5 Å². The van der Waals surface area contributed by atoms with Crippen LogP contribution in [0.25, 0.3) is 0 Å². The molecule has 1 unspecified atom stereocenters. The lowest BCUT2D eigenvalue weighted by molar-refractivity contribution is -0.119. The molecule has 1 aromatic carbocycles.